The maximum atomic E-state index is 6.23. The molecule has 23 heavy (non-hydrogen) atoms. The van der Waals surface area contributed by atoms with E-state index in [-0.39, 0.29) is 0 Å². The molecule has 1 aromatic heterocycles. The third-order valence-electron chi connectivity index (χ3n) is 4.96. The van der Waals surface area contributed by atoms with Gasteiger partial charge in [-0.3, -0.25) is 4.90 Å². The number of aryl methyl sites for hydroxylation is 1. The van der Waals surface area contributed by atoms with Crippen molar-refractivity contribution in [3.05, 3.63) is 22.7 Å². The van der Waals surface area contributed by atoms with Crippen molar-refractivity contribution < 1.29 is 4.74 Å². The summed E-state index contributed by atoms with van der Waals surface area (Å²) >= 11 is 8.02. The Bertz CT molecular complexity index is 698. The Morgan fingerprint density at radius 2 is 2.17 bits per heavy atom. The lowest BCUT2D eigenvalue weighted by atomic mass is 10.2. The molecule has 124 valence electrons. The summed E-state index contributed by atoms with van der Waals surface area (Å²) in [5.41, 5.74) is 2.15. The lowest BCUT2D eigenvalue weighted by molar-refractivity contribution is 0.148. The standard InChI is InChI=1S/C17H22ClN3OS/c1-12-14(18)3-4-15-16(12)19-17(23-15)21-7-2-6-20(8-9-21)13-5-10-22-11-13/h3-4,13H,2,5-11H2,1H3. The van der Waals surface area contributed by atoms with E-state index in [1.807, 2.05) is 6.07 Å². The van der Waals surface area contributed by atoms with Gasteiger partial charge < -0.3 is 9.64 Å². The van der Waals surface area contributed by atoms with Crippen LogP contribution in [0.5, 0.6) is 0 Å². The fourth-order valence-electron chi connectivity index (χ4n) is 3.53. The third kappa shape index (κ3) is 3.07. The monoisotopic (exact) mass is 351 g/mol. The first-order chi connectivity index (χ1) is 11.2. The number of thiazole rings is 1. The van der Waals surface area contributed by atoms with E-state index in [4.69, 9.17) is 21.3 Å². The van der Waals surface area contributed by atoms with E-state index in [1.54, 1.807) is 11.3 Å². The molecule has 2 aliphatic heterocycles. The molecule has 2 saturated heterocycles. The Labute approximate surface area is 146 Å². The second-order valence-corrected chi connectivity index (χ2v) is 7.83. The van der Waals surface area contributed by atoms with Crippen molar-refractivity contribution in [1.82, 2.24) is 9.88 Å². The zero-order chi connectivity index (χ0) is 15.8. The average Bonchev–Trinajstić information content (AvgIpc) is 3.17. The number of rotatable bonds is 2. The zero-order valence-corrected chi connectivity index (χ0v) is 15.0. The average molecular weight is 352 g/mol. The molecule has 1 aromatic carbocycles. The van der Waals surface area contributed by atoms with E-state index in [1.165, 1.54) is 24.1 Å². The molecule has 3 heterocycles. The Balaban J connectivity index is 1.53. The van der Waals surface area contributed by atoms with Crippen molar-refractivity contribution in [3.8, 4) is 0 Å². The van der Waals surface area contributed by atoms with Gasteiger partial charge in [0.2, 0.25) is 0 Å². The smallest absolute Gasteiger partial charge is 0.186 e. The van der Waals surface area contributed by atoms with Crippen LogP contribution in [-0.4, -0.2) is 55.3 Å². The molecule has 1 unspecified atom stereocenters. The van der Waals surface area contributed by atoms with E-state index in [0.29, 0.717) is 6.04 Å². The topological polar surface area (TPSA) is 28.6 Å². The van der Waals surface area contributed by atoms with Crippen LogP contribution in [-0.2, 0) is 4.74 Å². The largest absolute Gasteiger partial charge is 0.380 e. The second-order valence-electron chi connectivity index (χ2n) is 6.41. The number of hydrogen-bond donors (Lipinski definition) is 0. The molecule has 6 heteroatoms. The van der Waals surface area contributed by atoms with Gasteiger partial charge in [-0.2, -0.15) is 0 Å². The number of hydrogen-bond acceptors (Lipinski definition) is 5. The number of aromatic nitrogens is 1. The summed E-state index contributed by atoms with van der Waals surface area (Å²) in [7, 11) is 0. The molecule has 2 aromatic rings. The number of benzene rings is 1. The number of fused-ring (bicyclic) bond motifs is 1. The summed E-state index contributed by atoms with van der Waals surface area (Å²) in [6.07, 6.45) is 2.37. The van der Waals surface area contributed by atoms with Crippen LogP contribution in [0.3, 0.4) is 0 Å². The lowest BCUT2D eigenvalue weighted by Gasteiger charge is -2.26. The molecule has 0 spiro atoms. The Kier molecular flexibility index (Phi) is 4.46. The first-order valence-corrected chi connectivity index (χ1v) is 9.54. The quantitative estimate of drug-likeness (QED) is 0.827. The van der Waals surface area contributed by atoms with E-state index in [0.717, 1.165) is 54.1 Å². The molecular weight excluding hydrogens is 330 g/mol. The van der Waals surface area contributed by atoms with Crippen molar-refractivity contribution >= 4 is 38.3 Å². The van der Waals surface area contributed by atoms with Gasteiger partial charge in [0.25, 0.3) is 0 Å². The van der Waals surface area contributed by atoms with Crippen LogP contribution in [0.25, 0.3) is 10.2 Å². The van der Waals surface area contributed by atoms with Crippen LogP contribution < -0.4 is 4.90 Å². The van der Waals surface area contributed by atoms with Gasteiger partial charge in [-0.05, 0) is 37.5 Å². The minimum Gasteiger partial charge on any atom is -0.380 e. The van der Waals surface area contributed by atoms with Gasteiger partial charge in [0.15, 0.2) is 5.13 Å². The Morgan fingerprint density at radius 1 is 1.26 bits per heavy atom. The van der Waals surface area contributed by atoms with Crippen molar-refractivity contribution in [2.24, 2.45) is 0 Å². The molecule has 0 amide bonds. The Hall–Kier alpha value is -0.880. The van der Waals surface area contributed by atoms with Crippen molar-refractivity contribution in [1.29, 1.82) is 0 Å². The Morgan fingerprint density at radius 3 is 3.00 bits per heavy atom. The van der Waals surface area contributed by atoms with Gasteiger partial charge >= 0.3 is 0 Å². The molecule has 0 saturated carbocycles. The van der Waals surface area contributed by atoms with Gasteiger partial charge in [0.1, 0.15) is 0 Å². The van der Waals surface area contributed by atoms with Crippen LogP contribution in [0.4, 0.5) is 5.13 Å². The van der Waals surface area contributed by atoms with Gasteiger partial charge in [0.05, 0.1) is 16.8 Å². The van der Waals surface area contributed by atoms with Gasteiger partial charge in [-0.15, -0.1) is 0 Å². The van der Waals surface area contributed by atoms with Gasteiger partial charge in [-0.25, -0.2) is 4.98 Å². The second kappa shape index (κ2) is 6.55. The van der Waals surface area contributed by atoms with Crippen molar-refractivity contribution in [3.63, 3.8) is 0 Å². The fraction of sp³-hybridized carbons (Fsp3) is 0.588. The molecule has 0 bridgehead atoms. The van der Waals surface area contributed by atoms with Crippen LogP contribution in [0, 0.1) is 6.92 Å². The van der Waals surface area contributed by atoms with E-state index in [2.05, 4.69) is 22.8 Å². The number of ether oxygens (including phenoxy) is 1. The molecule has 1 atom stereocenters. The van der Waals surface area contributed by atoms with Crippen LogP contribution in [0.1, 0.15) is 18.4 Å². The highest BCUT2D eigenvalue weighted by Crippen LogP contribution is 2.34. The molecule has 2 fully saturated rings. The summed E-state index contributed by atoms with van der Waals surface area (Å²) in [6, 6.07) is 4.68. The molecule has 0 N–H and O–H groups in total. The molecule has 4 rings (SSSR count). The number of anilines is 1. The molecular formula is C17H22ClN3OS. The highest BCUT2D eigenvalue weighted by molar-refractivity contribution is 7.22. The normalized spacial score (nSPS) is 23.6. The van der Waals surface area contributed by atoms with E-state index < -0.39 is 0 Å². The van der Waals surface area contributed by atoms with Gasteiger partial charge in [-0.1, -0.05) is 22.9 Å². The summed E-state index contributed by atoms with van der Waals surface area (Å²) in [5, 5.41) is 1.94. The summed E-state index contributed by atoms with van der Waals surface area (Å²) in [5.74, 6) is 0. The lowest BCUT2D eigenvalue weighted by Crippen LogP contribution is -2.38. The first-order valence-electron chi connectivity index (χ1n) is 8.35. The summed E-state index contributed by atoms with van der Waals surface area (Å²) < 4.78 is 6.78. The van der Waals surface area contributed by atoms with E-state index >= 15 is 0 Å². The highest BCUT2D eigenvalue weighted by atomic mass is 35.5. The summed E-state index contributed by atoms with van der Waals surface area (Å²) in [4.78, 5) is 9.92. The first kappa shape index (κ1) is 15.6. The fourth-order valence-corrected chi connectivity index (χ4v) is 4.76. The number of halogens is 1. The van der Waals surface area contributed by atoms with E-state index in [9.17, 15) is 0 Å². The molecule has 0 radical (unpaired) electrons. The van der Waals surface area contributed by atoms with Crippen molar-refractivity contribution in [2.75, 3.05) is 44.3 Å². The maximum absolute atomic E-state index is 6.23. The van der Waals surface area contributed by atoms with Gasteiger partial charge in [0, 0.05) is 43.9 Å². The molecule has 2 aliphatic rings. The minimum absolute atomic E-state index is 0.617. The predicted octanol–water partition coefficient (Wildman–Crippen LogP) is 3.56. The maximum Gasteiger partial charge on any atom is 0.186 e. The summed E-state index contributed by atoms with van der Waals surface area (Å²) in [6.45, 7) is 8.27. The zero-order valence-electron chi connectivity index (χ0n) is 13.4. The minimum atomic E-state index is 0.617. The van der Waals surface area contributed by atoms with Crippen LogP contribution >= 0.6 is 22.9 Å². The van der Waals surface area contributed by atoms with Crippen molar-refractivity contribution in [2.45, 2.75) is 25.8 Å². The SMILES string of the molecule is Cc1c(Cl)ccc2sc(N3CCCN(C4CCOC4)CC3)nc12. The highest BCUT2D eigenvalue weighted by Gasteiger charge is 2.26. The molecule has 4 nitrogen and oxygen atoms in total. The molecule has 0 aliphatic carbocycles. The number of nitrogens with zero attached hydrogens (tertiary/aromatic N) is 3. The van der Waals surface area contributed by atoms with Crippen LogP contribution in [0.2, 0.25) is 5.02 Å². The third-order valence-corrected chi connectivity index (χ3v) is 6.45. The van der Waals surface area contributed by atoms with Crippen LogP contribution in [0.15, 0.2) is 12.1 Å². The predicted molar refractivity (Wildman–Crippen MR) is 97.0 cm³/mol.